The van der Waals surface area contributed by atoms with Crippen LogP contribution in [0.25, 0.3) is 21.8 Å². The van der Waals surface area contributed by atoms with Crippen LogP contribution in [0.4, 0.5) is 0 Å². The number of rotatable bonds is 6. The molecule has 0 amide bonds. The lowest BCUT2D eigenvalue weighted by Gasteiger charge is -2.09. The summed E-state index contributed by atoms with van der Waals surface area (Å²) in [4.78, 5) is 0. The van der Waals surface area contributed by atoms with Crippen molar-refractivity contribution in [3.8, 4) is 0 Å². The van der Waals surface area contributed by atoms with E-state index in [0.717, 1.165) is 13.1 Å². The number of benzene rings is 2. The number of aryl methyl sites for hydroxylation is 1. The Balaban J connectivity index is 1.83. The number of unbranched alkanes of at least 4 members (excludes halogenated alkanes) is 1. The highest BCUT2D eigenvalue weighted by Gasteiger charge is 2.08. The molecule has 1 aromatic heterocycles. The number of hydrogen-bond donors (Lipinski definition) is 1. The van der Waals surface area contributed by atoms with Crippen LogP contribution < -0.4 is 5.32 Å². The van der Waals surface area contributed by atoms with Crippen molar-refractivity contribution in [2.45, 2.75) is 39.3 Å². The lowest BCUT2D eigenvalue weighted by atomic mass is 10.2. The zero-order valence-electron chi connectivity index (χ0n) is 13.0. The summed E-state index contributed by atoms with van der Waals surface area (Å²) in [5.41, 5.74) is 2.71. The van der Waals surface area contributed by atoms with Crippen LogP contribution in [0.15, 0.2) is 48.5 Å². The van der Waals surface area contributed by atoms with E-state index in [-0.39, 0.29) is 0 Å². The van der Waals surface area contributed by atoms with Gasteiger partial charge in [-0.3, -0.25) is 0 Å². The molecule has 0 aliphatic carbocycles. The van der Waals surface area contributed by atoms with Crippen LogP contribution in [0.1, 0.15) is 26.7 Å². The summed E-state index contributed by atoms with van der Waals surface area (Å²) in [6.45, 7) is 6.60. The van der Waals surface area contributed by atoms with Gasteiger partial charge >= 0.3 is 0 Å². The Morgan fingerprint density at radius 3 is 2.00 bits per heavy atom. The van der Waals surface area contributed by atoms with Gasteiger partial charge in [-0.2, -0.15) is 0 Å². The molecule has 0 atom stereocenters. The lowest BCUT2D eigenvalue weighted by Crippen LogP contribution is -2.23. The van der Waals surface area contributed by atoms with Gasteiger partial charge in [0.15, 0.2) is 0 Å². The molecule has 0 unspecified atom stereocenters. The van der Waals surface area contributed by atoms with Crippen molar-refractivity contribution < 1.29 is 0 Å². The van der Waals surface area contributed by atoms with Crippen LogP contribution in [0, 0.1) is 0 Å². The average molecular weight is 280 g/mol. The van der Waals surface area contributed by atoms with E-state index >= 15 is 0 Å². The standard InChI is InChI=1S/C19H24N2/c1-15(2)20-13-7-8-14-21-18-11-5-3-9-16(18)17-10-4-6-12-19(17)21/h3-6,9-12,15,20H,7-8,13-14H2,1-2H3. The molecule has 2 heteroatoms. The minimum absolute atomic E-state index is 0.582. The Morgan fingerprint density at radius 1 is 0.857 bits per heavy atom. The van der Waals surface area contributed by atoms with Crippen LogP contribution in [0.2, 0.25) is 0 Å². The molecule has 1 N–H and O–H groups in total. The Morgan fingerprint density at radius 2 is 1.43 bits per heavy atom. The number of nitrogens with zero attached hydrogens (tertiary/aromatic N) is 1. The van der Waals surface area contributed by atoms with Gasteiger partial charge in [-0.05, 0) is 31.5 Å². The quantitative estimate of drug-likeness (QED) is 0.654. The number of aromatic nitrogens is 1. The smallest absolute Gasteiger partial charge is 0.0491 e. The van der Waals surface area contributed by atoms with Crippen LogP contribution >= 0.6 is 0 Å². The van der Waals surface area contributed by atoms with Gasteiger partial charge in [0.2, 0.25) is 0 Å². The van der Waals surface area contributed by atoms with Crippen molar-refractivity contribution >= 4 is 21.8 Å². The van der Waals surface area contributed by atoms with Gasteiger partial charge in [0.1, 0.15) is 0 Å². The van der Waals surface area contributed by atoms with E-state index in [1.807, 2.05) is 0 Å². The Hall–Kier alpha value is -1.80. The number of hydrogen-bond acceptors (Lipinski definition) is 1. The summed E-state index contributed by atoms with van der Waals surface area (Å²) in [6.07, 6.45) is 2.43. The van der Waals surface area contributed by atoms with Gasteiger partial charge < -0.3 is 9.88 Å². The molecule has 0 aliphatic heterocycles. The maximum Gasteiger partial charge on any atom is 0.0491 e. The maximum atomic E-state index is 3.49. The fraction of sp³-hybridized carbons (Fsp3) is 0.368. The molecule has 2 aromatic carbocycles. The third-order valence-corrected chi connectivity index (χ3v) is 4.04. The zero-order chi connectivity index (χ0) is 14.7. The molecule has 0 saturated carbocycles. The maximum absolute atomic E-state index is 3.49. The first-order valence-corrected chi connectivity index (χ1v) is 7.97. The fourth-order valence-corrected chi connectivity index (χ4v) is 3.03. The predicted molar refractivity (Wildman–Crippen MR) is 91.8 cm³/mol. The Labute approximate surface area is 126 Å². The van der Waals surface area contributed by atoms with E-state index in [1.54, 1.807) is 0 Å². The van der Waals surface area contributed by atoms with Crippen LogP contribution in [0.3, 0.4) is 0 Å². The molecule has 0 radical (unpaired) electrons. The first-order valence-electron chi connectivity index (χ1n) is 7.97. The normalized spacial score (nSPS) is 11.8. The second kappa shape index (κ2) is 6.31. The second-order valence-corrected chi connectivity index (χ2v) is 6.00. The van der Waals surface area contributed by atoms with Gasteiger partial charge in [0.05, 0.1) is 0 Å². The average Bonchev–Trinajstić information content (AvgIpc) is 2.81. The highest BCUT2D eigenvalue weighted by Crippen LogP contribution is 2.28. The SMILES string of the molecule is CC(C)NCCCCn1c2ccccc2c2ccccc21. The van der Waals surface area contributed by atoms with Crippen LogP contribution in [-0.2, 0) is 6.54 Å². The Kier molecular flexibility index (Phi) is 4.26. The van der Waals surface area contributed by atoms with Gasteiger partial charge in [-0.15, -0.1) is 0 Å². The molecule has 3 rings (SSSR count). The summed E-state index contributed by atoms with van der Waals surface area (Å²) in [6, 6.07) is 18.1. The van der Waals surface area contributed by atoms with Crippen molar-refractivity contribution in [1.29, 1.82) is 0 Å². The number of nitrogens with one attached hydrogen (secondary N) is 1. The molecule has 0 fully saturated rings. The number of fused-ring (bicyclic) bond motifs is 3. The topological polar surface area (TPSA) is 17.0 Å². The zero-order valence-corrected chi connectivity index (χ0v) is 13.0. The third kappa shape index (κ3) is 2.96. The van der Waals surface area contributed by atoms with Crippen molar-refractivity contribution in [3.05, 3.63) is 48.5 Å². The molecule has 2 nitrogen and oxygen atoms in total. The van der Waals surface area contributed by atoms with E-state index in [4.69, 9.17) is 0 Å². The van der Waals surface area contributed by atoms with Crippen molar-refractivity contribution in [3.63, 3.8) is 0 Å². The molecule has 0 bridgehead atoms. The summed E-state index contributed by atoms with van der Waals surface area (Å²) in [5.74, 6) is 0. The molecule has 0 saturated heterocycles. The minimum atomic E-state index is 0.582. The monoisotopic (exact) mass is 280 g/mol. The number of para-hydroxylation sites is 2. The first-order chi connectivity index (χ1) is 10.3. The van der Waals surface area contributed by atoms with E-state index in [2.05, 4.69) is 72.3 Å². The second-order valence-electron chi connectivity index (χ2n) is 6.00. The minimum Gasteiger partial charge on any atom is -0.340 e. The Bertz CT molecular complexity index is 671. The molecule has 0 spiro atoms. The summed E-state index contributed by atoms with van der Waals surface area (Å²) < 4.78 is 2.47. The van der Waals surface area contributed by atoms with Gasteiger partial charge in [0.25, 0.3) is 0 Å². The predicted octanol–water partition coefficient (Wildman–Crippen LogP) is 4.57. The molecule has 0 aliphatic rings. The van der Waals surface area contributed by atoms with E-state index in [0.29, 0.717) is 6.04 Å². The fourth-order valence-electron chi connectivity index (χ4n) is 3.03. The third-order valence-electron chi connectivity index (χ3n) is 4.04. The van der Waals surface area contributed by atoms with Crippen LogP contribution in [-0.4, -0.2) is 17.2 Å². The van der Waals surface area contributed by atoms with Gasteiger partial charge in [0, 0.05) is 34.4 Å². The molecular weight excluding hydrogens is 256 g/mol. The largest absolute Gasteiger partial charge is 0.340 e. The highest BCUT2D eigenvalue weighted by atomic mass is 15.0. The van der Waals surface area contributed by atoms with E-state index in [1.165, 1.54) is 34.6 Å². The van der Waals surface area contributed by atoms with E-state index < -0.39 is 0 Å². The van der Waals surface area contributed by atoms with Crippen LogP contribution in [0.5, 0.6) is 0 Å². The summed E-state index contributed by atoms with van der Waals surface area (Å²) >= 11 is 0. The van der Waals surface area contributed by atoms with E-state index in [9.17, 15) is 0 Å². The highest BCUT2D eigenvalue weighted by molar-refractivity contribution is 6.07. The lowest BCUT2D eigenvalue weighted by molar-refractivity contribution is 0.539. The van der Waals surface area contributed by atoms with Crippen molar-refractivity contribution in [2.75, 3.05) is 6.54 Å². The van der Waals surface area contributed by atoms with Crippen molar-refractivity contribution in [2.24, 2.45) is 0 Å². The molecule has 21 heavy (non-hydrogen) atoms. The molecule has 1 heterocycles. The van der Waals surface area contributed by atoms with Gasteiger partial charge in [-0.25, -0.2) is 0 Å². The molecule has 3 aromatic rings. The molecular formula is C19H24N2. The van der Waals surface area contributed by atoms with Crippen molar-refractivity contribution in [1.82, 2.24) is 9.88 Å². The molecule has 110 valence electrons. The van der Waals surface area contributed by atoms with Gasteiger partial charge in [-0.1, -0.05) is 50.2 Å². The first kappa shape index (κ1) is 14.2. The summed E-state index contributed by atoms with van der Waals surface area (Å²) in [7, 11) is 0. The summed E-state index contributed by atoms with van der Waals surface area (Å²) in [5, 5.41) is 6.23.